The molecule has 0 saturated carbocycles. The highest BCUT2D eigenvalue weighted by molar-refractivity contribution is 6.04. The number of piperidine rings is 1. The van der Waals surface area contributed by atoms with Gasteiger partial charge < -0.3 is 16.0 Å². The summed E-state index contributed by atoms with van der Waals surface area (Å²) in [7, 11) is 0. The number of pyridine rings is 1. The molecule has 1 aliphatic heterocycles. The second kappa shape index (κ2) is 9.83. The zero-order valence-electron chi connectivity index (χ0n) is 15.4. The molecule has 2 aromatic rings. The van der Waals surface area contributed by atoms with E-state index in [-0.39, 0.29) is 11.8 Å². The number of rotatable bonds is 7. The average molecular weight is 366 g/mol. The minimum Gasteiger partial charge on any atom is -0.352 e. The number of hydrogen-bond donors (Lipinski definition) is 3. The first-order valence-corrected chi connectivity index (χ1v) is 9.48. The zero-order valence-corrected chi connectivity index (χ0v) is 15.4. The van der Waals surface area contributed by atoms with Gasteiger partial charge in [0, 0.05) is 24.7 Å². The van der Waals surface area contributed by atoms with E-state index in [1.807, 2.05) is 12.1 Å². The number of carbonyl (C=O) groups is 2. The van der Waals surface area contributed by atoms with Crippen LogP contribution in [-0.4, -0.2) is 29.9 Å². The van der Waals surface area contributed by atoms with Crippen molar-refractivity contribution in [2.24, 2.45) is 5.92 Å². The molecule has 0 aliphatic carbocycles. The highest BCUT2D eigenvalue weighted by atomic mass is 16.2. The van der Waals surface area contributed by atoms with E-state index in [0.717, 1.165) is 37.9 Å². The van der Waals surface area contributed by atoms with E-state index >= 15 is 0 Å². The first kappa shape index (κ1) is 19.0. The quantitative estimate of drug-likeness (QED) is 0.704. The fraction of sp³-hybridized carbons (Fsp3) is 0.381. The Morgan fingerprint density at radius 2 is 1.89 bits per heavy atom. The van der Waals surface area contributed by atoms with Crippen LogP contribution in [0.25, 0.3) is 0 Å². The first-order valence-electron chi connectivity index (χ1n) is 9.48. The van der Waals surface area contributed by atoms with Crippen molar-refractivity contribution in [1.29, 1.82) is 0 Å². The van der Waals surface area contributed by atoms with Crippen LogP contribution < -0.4 is 16.0 Å². The van der Waals surface area contributed by atoms with Gasteiger partial charge in [0.15, 0.2) is 0 Å². The molecule has 0 unspecified atom stereocenters. The molecule has 3 N–H and O–H groups in total. The SMILES string of the molecule is O=C(CCC1CCNCC1)NCc1ccc(C(=O)Nc2cccnc2)cc1. The molecule has 1 aliphatic rings. The highest BCUT2D eigenvalue weighted by Gasteiger charge is 2.14. The van der Waals surface area contributed by atoms with Crippen molar-refractivity contribution in [3.63, 3.8) is 0 Å². The number of nitrogens with one attached hydrogen (secondary N) is 3. The summed E-state index contributed by atoms with van der Waals surface area (Å²) in [5, 5.41) is 9.11. The molecular formula is C21H26N4O2. The van der Waals surface area contributed by atoms with Crippen molar-refractivity contribution >= 4 is 17.5 Å². The lowest BCUT2D eigenvalue weighted by Gasteiger charge is -2.22. The predicted octanol–water partition coefficient (Wildman–Crippen LogP) is 2.73. The third kappa shape index (κ3) is 6.18. The van der Waals surface area contributed by atoms with Crippen LogP contribution in [-0.2, 0) is 11.3 Å². The monoisotopic (exact) mass is 366 g/mol. The van der Waals surface area contributed by atoms with Crippen molar-refractivity contribution < 1.29 is 9.59 Å². The molecular weight excluding hydrogens is 340 g/mol. The number of nitrogens with zero attached hydrogens (tertiary/aromatic N) is 1. The number of carbonyl (C=O) groups excluding carboxylic acids is 2. The van der Waals surface area contributed by atoms with Crippen LogP contribution in [0.1, 0.15) is 41.6 Å². The Morgan fingerprint density at radius 3 is 2.59 bits per heavy atom. The van der Waals surface area contributed by atoms with Gasteiger partial charge in [0.2, 0.25) is 5.91 Å². The summed E-state index contributed by atoms with van der Waals surface area (Å²) in [5.74, 6) is 0.571. The van der Waals surface area contributed by atoms with Crippen LogP contribution in [0.3, 0.4) is 0 Å². The van der Waals surface area contributed by atoms with Gasteiger partial charge in [-0.15, -0.1) is 0 Å². The maximum Gasteiger partial charge on any atom is 0.255 e. The Kier molecular flexibility index (Phi) is 6.93. The van der Waals surface area contributed by atoms with Crippen LogP contribution in [0.5, 0.6) is 0 Å². The highest BCUT2D eigenvalue weighted by Crippen LogP contribution is 2.17. The molecule has 27 heavy (non-hydrogen) atoms. The lowest BCUT2D eigenvalue weighted by Crippen LogP contribution is -2.29. The molecule has 0 spiro atoms. The molecule has 1 aromatic carbocycles. The van der Waals surface area contributed by atoms with E-state index in [1.165, 1.54) is 0 Å². The van der Waals surface area contributed by atoms with Gasteiger partial charge in [0.25, 0.3) is 5.91 Å². The Balaban J connectivity index is 1.41. The van der Waals surface area contributed by atoms with Gasteiger partial charge in [-0.3, -0.25) is 14.6 Å². The summed E-state index contributed by atoms with van der Waals surface area (Å²) < 4.78 is 0. The average Bonchev–Trinajstić information content (AvgIpc) is 2.72. The summed E-state index contributed by atoms with van der Waals surface area (Å²) in [6.07, 6.45) is 7.12. The van der Waals surface area contributed by atoms with E-state index in [1.54, 1.807) is 36.7 Å². The molecule has 2 amide bonds. The summed E-state index contributed by atoms with van der Waals surface area (Å²) in [6, 6.07) is 10.8. The molecule has 0 radical (unpaired) electrons. The van der Waals surface area contributed by atoms with Gasteiger partial charge in [-0.2, -0.15) is 0 Å². The number of amides is 2. The number of hydrogen-bond acceptors (Lipinski definition) is 4. The van der Waals surface area contributed by atoms with E-state index in [4.69, 9.17) is 0 Å². The van der Waals surface area contributed by atoms with Crippen molar-refractivity contribution in [2.75, 3.05) is 18.4 Å². The van der Waals surface area contributed by atoms with Gasteiger partial charge >= 0.3 is 0 Å². The molecule has 6 heteroatoms. The molecule has 3 rings (SSSR count). The van der Waals surface area contributed by atoms with Gasteiger partial charge in [-0.1, -0.05) is 12.1 Å². The second-order valence-corrected chi connectivity index (χ2v) is 6.90. The summed E-state index contributed by atoms with van der Waals surface area (Å²) >= 11 is 0. The summed E-state index contributed by atoms with van der Waals surface area (Å²) in [5.41, 5.74) is 2.20. The molecule has 142 valence electrons. The molecule has 1 aromatic heterocycles. The second-order valence-electron chi connectivity index (χ2n) is 6.90. The number of benzene rings is 1. The van der Waals surface area contributed by atoms with Gasteiger partial charge in [0.05, 0.1) is 11.9 Å². The summed E-state index contributed by atoms with van der Waals surface area (Å²) in [4.78, 5) is 28.2. The Morgan fingerprint density at radius 1 is 1.11 bits per heavy atom. The standard InChI is InChI=1S/C21H26N4O2/c26-20(8-5-16-9-12-22-13-10-16)24-14-17-3-6-18(7-4-17)21(27)25-19-2-1-11-23-15-19/h1-4,6-7,11,15-16,22H,5,8-10,12-14H2,(H,24,26)(H,25,27). The normalized spacial score (nSPS) is 14.5. The maximum atomic E-state index is 12.2. The molecule has 0 atom stereocenters. The predicted molar refractivity (Wildman–Crippen MR) is 105 cm³/mol. The van der Waals surface area contributed by atoms with Crippen molar-refractivity contribution in [2.45, 2.75) is 32.2 Å². The fourth-order valence-corrected chi connectivity index (χ4v) is 3.21. The first-order chi connectivity index (χ1) is 13.2. The third-order valence-electron chi connectivity index (χ3n) is 4.86. The minimum atomic E-state index is -0.180. The van der Waals surface area contributed by atoms with Crippen LogP contribution in [0, 0.1) is 5.92 Å². The van der Waals surface area contributed by atoms with Gasteiger partial charge in [0.1, 0.15) is 0 Å². The van der Waals surface area contributed by atoms with Gasteiger partial charge in [-0.05, 0) is 68.1 Å². The van der Waals surface area contributed by atoms with Crippen LogP contribution in [0.4, 0.5) is 5.69 Å². The van der Waals surface area contributed by atoms with Gasteiger partial charge in [-0.25, -0.2) is 0 Å². The molecule has 2 heterocycles. The largest absolute Gasteiger partial charge is 0.352 e. The topological polar surface area (TPSA) is 83.1 Å². The fourth-order valence-electron chi connectivity index (χ4n) is 3.21. The third-order valence-corrected chi connectivity index (χ3v) is 4.86. The van der Waals surface area contributed by atoms with E-state index in [0.29, 0.717) is 30.1 Å². The smallest absolute Gasteiger partial charge is 0.255 e. The number of anilines is 1. The Hall–Kier alpha value is -2.73. The summed E-state index contributed by atoms with van der Waals surface area (Å²) in [6.45, 7) is 2.61. The minimum absolute atomic E-state index is 0.0897. The Bertz CT molecular complexity index is 741. The lowest BCUT2D eigenvalue weighted by molar-refractivity contribution is -0.121. The van der Waals surface area contributed by atoms with E-state index in [2.05, 4.69) is 20.9 Å². The van der Waals surface area contributed by atoms with Crippen LogP contribution in [0.15, 0.2) is 48.8 Å². The molecule has 6 nitrogen and oxygen atoms in total. The maximum absolute atomic E-state index is 12.2. The molecule has 0 bridgehead atoms. The van der Waals surface area contributed by atoms with Crippen molar-refractivity contribution in [1.82, 2.24) is 15.6 Å². The molecule has 1 fully saturated rings. The molecule has 1 saturated heterocycles. The van der Waals surface area contributed by atoms with E-state index in [9.17, 15) is 9.59 Å². The van der Waals surface area contributed by atoms with Crippen molar-refractivity contribution in [3.8, 4) is 0 Å². The van der Waals surface area contributed by atoms with Crippen molar-refractivity contribution in [3.05, 3.63) is 59.9 Å². The Labute approximate surface area is 159 Å². The van der Waals surface area contributed by atoms with Crippen LogP contribution in [0.2, 0.25) is 0 Å². The lowest BCUT2D eigenvalue weighted by atomic mass is 9.93. The zero-order chi connectivity index (χ0) is 18.9. The van der Waals surface area contributed by atoms with E-state index < -0.39 is 0 Å². The van der Waals surface area contributed by atoms with Crippen LogP contribution >= 0.6 is 0 Å². The number of aromatic nitrogens is 1.